The van der Waals surface area contributed by atoms with Crippen molar-refractivity contribution in [1.82, 2.24) is 19.9 Å². The molecule has 0 atom stereocenters. The molecule has 0 fully saturated rings. The second-order valence-corrected chi connectivity index (χ2v) is 8.24. The number of hydrogen-bond acceptors (Lipinski definition) is 5. The summed E-state index contributed by atoms with van der Waals surface area (Å²) in [6.45, 7) is 8.07. The average Bonchev–Trinajstić information content (AvgIpc) is 3.01. The van der Waals surface area contributed by atoms with Crippen LogP contribution >= 0.6 is 0 Å². The highest BCUT2D eigenvalue weighted by Crippen LogP contribution is 2.28. The number of nitrogens with zero attached hydrogens (tertiary/aromatic N) is 3. The Bertz CT molecular complexity index is 1010. The number of nitrogen functional groups attached to an aromatic ring is 1. The smallest absolute Gasteiger partial charge is 0.257 e. The van der Waals surface area contributed by atoms with Gasteiger partial charge in [0.1, 0.15) is 16.9 Å². The molecule has 168 valence electrons. The lowest BCUT2D eigenvalue weighted by atomic mass is 10.1. The van der Waals surface area contributed by atoms with Crippen molar-refractivity contribution in [3.8, 4) is 0 Å². The second kappa shape index (κ2) is 11.1. The predicted molar refractivity (Wildman–Crippen MR) is 126 cm³/mol. The van der Waals surface area contributed by atoms with Gasteiger partial charge in [0.05, 0.1) is 17.1 Å². The molecule has 3 aromatic rings. The van der Waals surface area contributed by atoms with Crippen LogP contribution in [-0.4, -0.2) is 39.7 Å². The van der Waals surface area contributed by atoms with E-state index in [-0.39, 0.29) is 12.0 Å². The first-order valence-electron chi connectivity index (χ1n) is 11.5. The molecule has 0 aliphatic carbocycles. The Morgan fingerprint density at radius 2 is 1.81 bits per heavy atom. The van der Waals surface area contributed by atoms with Crippen LogP contribution < -0.4 is 11.1 Å². The maximum atomic E-state index is 13.0. The van der Waals surface area contributed by atoms with Crippen molar-refractivity contribution < 1.29 is 9.53 Å². The summed E-state index contributed by atoms with van der Waals surface area (Å²) in [5.41, 5.74) is 9.72. The molecule has 0 saturated carbocycles. The Labute approximate surface area is 184 Å². The minimum atomic E-state index is -0.207. The Kier molecular flexibility index (Phi) is 8.23. The predicted octanol–water partition coefficient (Wildman–Crippen LogP) is 4.68. The molecule has 1 aromatic carbocycles. The Morgan fingerprint density at radius 3 is 2.52 bits per heavy atom. The van der Waals surface area contributed by atoms with Crippen LogP contribution in [0.5, 0.6) is 0 Å². The number of benzene rings is 1. The highest BCUT2D eigenvalue weighted by atomic mass is 16.5. The van der Waals surface area contributed by atoms with Crippen LogP contribution in [0, 0.1) is 0 Å². The van der Waals surface area contributed by atoms with Crippen molar-refractivity contribution in [3.05, 3.63) is 29.8 Å². The summed E-state index contributed by atoms with van der Waals surface area (Å²) in [6, 6.07) is 7.71. The number of carbonyl (C=O) groups excluding carboxylic acids is 1. The molecular weight excluding hydrogens is 390 g/mol. The molecule has 0 saturated heterocycles. The number of hydrogen-bond donors (Lipinski definition) is 2. The van der Waals surface area contributed by atoms with E-state index < -0.39 is 0 Å². The molecule has 0 spiro atoms. The number of rotatable bonds is 12. The fourth-order valence-corrected chi connectivity index (χ4v) is 3.72. The third-order valence-corrected chi connectivity index (χ3v) is 5.36. The summed E-state index contributed by atoms with van der Waals surface area (Å²) in [7, 11) is 0. The minimum absolute atomic E-state index is 0.185. The summed E-state index contributed by atoms with van der Waals surface area (Å²) < 4.78 is 7.50. The number of anilines is 1. The van der Waals surface area contributed by atoms with Crippen LogP contribution in [0.15, 0.2) is 24.3 Å². The number of ether oxygens (including phenoxy) is 1. The molecule has 2 heterocycles. The van der Waals surface area contributed by atoms with Gasteiger partial charge in [0, 0.05) is 19.7 Å². The fourth-order valence-electron chi connectivity index (χ4n) is 3.72. The van der Waals surface area contributed by atoms with Crippen molar-refractivity contribution in [2.75, 3.05) is 18.9 Å². The molecule has 2 aromatic heterocycles. The van der Waals surface area contributed by atoms with E-state index in [2.05, 4.69) is 12.2 Å². The summed E-state index contributed by atoms with van der Waals surface area (Å²) in [5, 5.41) is 2.97. The molecule has 3 N–H and O–H groups in total. The Morgan fingerprint density at radius 1 is 1.10 bits per heavy atom. The van der Waals surface area contributed by atoms with E-state index >= 15 is 0 Å². The second-order valence-electron chi connectivity index (χ2n) is 8.24. The van der Waals surface area contributed by atoms with Crippen LogP contribution in [0.2, 0.25) is 0 Å². The maximum absolute atomic E-state index is 13.0. The molecule has 7 nitrogen and oxygen atoms in total. The van der Waals surface area contributed by atoms with E-state index in [1.165, 1.54) is 19.3 Å². The Balaban J connectivity index is 1.85. The molecular formula is C24H35N5O2. The van der Waals surface area contributed by atoms with Gasteiger partial charge in [-0.15, -0.1) is 0 Å². The molecule has 0 aliphatic heterocycles. The van der Waals surface area contributed by atoms with Crippen molar-refractivity contribution in [3.63, 3.8) is 0 Å². The van der Waals surface area contributed by atoms with E-state index in [4.69, 9.17) is 20.4 Å². The summed E-state index contributed by atoms with van der Waals surface area (Å²) >= 11 is 0. The molecule has 0 radical (unpaired) electrons. The number of aromatic nitrogens is 3. The van der Waals surface area contributed by atoms with E-state index in [9.17, 15) is 4.79 Å². The largest absolute Gasteiger partial charge is 0.384 e. The third-order valence-electron chi connectivity index (χ3n) is 5.36. The number of fused-ring (bicyclic) bond motifs is 2. The zero-order valence-corrected chi connectivity index (χ0v) is 19.0. The quantitative estimate of drug-likeness (QED) is 0.411. The van der Waals surface area contributed by atoms with E-state index in [0.29, 0.717) is 35.7 Å². The van der Waals surface area contributed by atoms with Crippen LogP contribution in [0.25, 0.3) is 22.2 Å². The minimum Gasteiger partial charge on any atom is -0.384 e. The number of para-hydroxylation sites is 2. The SMILES string of the molecule is CCCCCCCn1c(N)c(C(=O)NCCCOC(C)C)c2nc3ccccc3nc21. The molecule has 0 bridgehead atoms. The molecule has 1 amide bonds. The number of nitrogens with two attached hydrogens (primary N) is 1. The van der Waals surface area contributed by atoms with Crippen molar-refractivity contribution in [2.24, 2.45) is 0 Å². The fraction of sp³-hybridized carbons (Fsp3) is 0.542. The van der Waals surface area contributed by atoms with Crippen molar-refractivity contribution >= 4 is 33.9 Å². The molecule has 0 aliphatic rings. The Hall–Kier alpha value is -2.67. The lowest BCUT2D eigenvalue weighted by Gasteiger charge is -2.09. The van der Waals surface area contributed by atoms with Crippen molar-refractivity contribution in [2.45, 2.75) is 71.9 Å². The molecule has 3 rings (SSSR count). The van der Waals surface area contributed by atoms with Gasteiger partial charge in [0.15, 0.2) is 5.65 Å². The summed E-state index contributed by atoms with van der Waals surface area (Å²) in [6.07, 6.45) is 6.70. The van der Waals surface area contributed by atoms with Gasteiger partial charge in [0.25, 0.3) is 5.91 Å². The first-order valence-corrected chi connectivity index (χ1v) is 11.5. The highest BCUT2D eigenvalue weighted by molar-refractivity contribution is 6.10. The first kappa shape index (κ1) is 23.0. The van der Waals surface area contributed by atoms with Crippen LogP contribution in [0.4, 0.5) is 5.82 Å². The monoisotopic (exact) mass is 425 g/mol. The van der Waals surface area contributed by atoms with Crippen LogP contribution in [0.1, 0.15) is 69.7 Å². The number of carbonyl (C=O) groups is 1. The van der Waals surface area contributed by atoms with E-state index in [1.54, 1.807) is 0 Å². The number of nitrogens with one attached hydrogen (secondary N) is 1. The number of amides is 1. The van der Waals surface area contributed by atoms with Gasteiger partial charge in [0.2, 0.25) is 0 Å². The highest BCUT2D eigenvalue weighted by Gasteiger charge is 2.23. The topological polar surface area (TPSA) is 95.1 Å². The lowest BCUT2D eigenvalue weighted by molar-refractivity contribution is 0.0757. The summed E-state index contributed by atoms with van der Waals surface area (Å²) in [4.78, 5) is 22.6. The zero-order valence-electron chi connectivity index (χ0n) is 19.0. The first-order chi connectivity index (χ1) is 15.0. The van der Waals surface area contributed by atoms with E-state index in [1.807, 2.05) is 42.7 Å². The number of aryl methyl sites for hydroxylation is 1. The normalized spacial score (nSPS) is 11.6. The van der Waals surface area contributed by atoms with Gasteiger partial charge in [-0.25, -0.2) is 9.97 Å². The van der Waals surface area contributed by atoms with Gasteiger partial charge < -0.3 is 20.4 Å². The maximum Gasteiger partial charge on any atom is 0.257 e. The van der Waals surface area contributed by atoms with Crippen LogP contribution in [0.3, 0.4) is 0 Å². The molecule has 0 unspecified atom stereocenters. The van der Waals surface area contributed by atoms with Gasteiger partial charge >= 0.3 is 0 Å². The van der Waals surface area contributed by atoms with Crippen molar-refractivity contribution in [1.29, 1.82) is 0 Å². The van der Waals surface area contributed by atoms with Crippen LogP contribution in [-0.2, 0) is 11.3 Å². The lowest BCUT2D eigenvalue weighted by Crippen LogP contribution is -2.26. The zero-order chi connectivity index (χ0) is 22.2. The summed E-state index contributed by atoms with van der Waals surface area (Å²) in [5.74, 6) is 0.234. The molecule has 31 heavy (non-hydrogen) atoms. The van der Waals surface area contributed by atoms with Gasteiger partial charge in [-0.2, -0.15) is 0 Å². The van der Waals surface area contributed by atoms with Gasteiger partial charge in [-0.1, -0.05) is 44.7 Å². The van der Waals surface area contributed by atoms with Gasteiger partial charge in [-0.05, 0) is 38.8 Å². The third kappa shape index (κ3) is 5.73. The molecule has 7 heteroatoms. The van der Waals surface area contributed by atoms with E-state index in [0.717, 1.165) is 36.8 Å². The number of unbranched alkanes of at least 4 members (excludes halogenated alkanes) is 4. The average molecular weight is 426 g/mol. The standard InChI is InChI=1S/C24H35N5O2/c1-4-5-6-7-10-15-29-22(25)20(24(30)26-14-11-16-31-17(2)3)21-23(29)28-19-13-9-8-12-18(19)27-21/h8-9,12-13,17H,4-7,10-11,14-16,25H2,1-3H3,(H,26,30). The van der Waals surface area contributed by atoms with Gasteiger partial charge in [-0.3, -0.25) is 4.79 Å².